The van der Waals surface area contributed by atoms with Gasteiger partial charge in [0.15, 0.2) is 5.96 Å². The standard InChI is InChI=1S/C23H34N4O2S.HI/c1-18-7-8-22(30-18)17-26-23(24-2)25-16-19-5-4-6-21(15-19)29-14-11-27(3)20-9-12-28-13-10-20;/h4-8,15,20H,9-14,16-17H2,1-3H3,(H2,24,25,26);1H. The summed E-state index contributed by atoms with van der Waals surface area (Å²) in [6.07, 6.45) is 2.22. The SMILES string of the molecule is CN=C(NCc1cccc(OCCN(C)C2CCOCC2)c1)NCc1ccc(C)s1.I. The Balaban J connectivity index is 0.00000341. The maximum atomic E-state index is 6.00. The molecule has 1 aliphatic heterocycles. The molecule has 1 fully saturated rings. The Hall–Kier alpha value is -1.36. The van der Waals surface area contributed by atoms with Crippen LogP contribution in [0.1, 0.15) is 28.2 Å². The summed E-state index contributed by atoms with van der Waals surface area (Å²) in [6, 6.07) is 13.2. The van der Waals surface area contributed by atoms with Crippen LogP contribution in [0.2, 0.25) is 0 Å². The van der Waals surface area contributed by atoms with Crippen LogP contribution in [0.15, 0.2) is 41.4 Å². The minimum atomic E-state index is 0. The van der Waals surface area contributed by atoms with Crippen LogP contribution in [-0.2, 0) is 17.8 Å². The lowest BCUT2D eigenvalue weighted by Gasteiger charge is -2.31. The van der Waals surface area contributed by atoms with Crippen LogP contribution < -0.4 is 15.4 Å². The zero-order valence-corrected chi connectivity index (χ0v) is 21.9. The van der Waals surface area contributed by atoms with Crippen molar-refractivity contribution in [2.24, 2.45) is 4.99 Å². The van der Waals surface area contributed by atoms with Gasteiger partial charge in [0.1, 0.15) is 12.4 Å². The lowest BCUT2D eigenvalue weighted by atomic mass is 10.1. The number of ether oxygens (including phenoxy) is 2. The van der Waals surface area contributed by atoms with Crippen LogP contribution in [0.25, 0.3) is 0 Å². The molecule has 0 bridgehead atoms. The van der Waals surface area contributed by atoms with E-state index in [-0.39, 0.29) is 24.0 Å². The van der Waals surface area contributed by atoms with Gasteiger partial charge >= 0.3 is 0 Å². The van der Waals surface area contributed by atoms with Crippen LogP contribution in [0, 0.1) is 6.92 Å². The van der Waals surface area contributed by atoms with Gasteiger partial charge in [-0.2, -0.15) is 0 Å². The molecule has 0 atom stereocenters. The van der Waals surface area contributed by atoms with E-state index in [4.69, 9.17) is 9.47 Å². The minimum absolute atomic E-state index is 0. The molecule has 1 aromatic heterocycles. The van der Waals surface area contributed by atoms with Gasteiger partial charge in [0.05, 0.1) is 6.54 Å². The second-order valence-corrected chi connectivity index (χ2v) is 8.98. The van der Waals surface area contributed by atoms with E-state index in [1.165, 1.54) is 15.3 Å². The van der Waals surface area contributed by atoms with E-state index in [1.807, 2.05) is 12.1 Å². The predicted octanol–water partition coefficient (Wildman–Crippen LogP) is 4.03. The Morgan fingerprint density at radius 3 is 2.68 bits per heavy atom. The highest BCUT2D eigenvalue weighted by Gasteiger charge is 2.17. The molecule has 172 valence electrons. The fourth-order valence-electron chi connectivity index (χ4n) is 3.52. The van der Waals surface area contributed by atoms with E-state index in [1.54, 1.807) is 18.4 Å². The Morgan fingerprint density at radius 1 is 1.19 bits per heavy atom. The fourth-order valence-corrected chi connectivity index (χ4v) is 4.35. The molecule has 6 nitrogen and oxygen atoms in total. The summed E-state index contributed by atoms with van der Waals surface area (Å²) in [5, 5.41) is 6.74. The largest absolute Gasteiger partial charge is 0.492 e. The zero-order valence-electron chi connectivity index (χ0n) is 18.7. The molecule has 1 aliphatic rings. The van der Waals surface area contributed by atoms with Gasteiger partial charge in [0.2, 0.25) is 0 Å². The number of nitrogens with one attached hydrogen (secondary N) is 2. The number of benzene rings is 1. The van der Waals surface area contributed by atoms with Crippen molar-refractivity contribution in [3.05, 3.63) is 51.7 Å². The monoisotopic (exact) mass is 558 g/mol. The first-order chi connectivity index (χ1) is 14.6. The van der Waals surface area contributed by atoms with Crippen LogP contribution in [0.5, 0.6) is 5.75 Å². The minimum Gasteiger partial charge on any atom is -0.492 e. The third-order valence-corrected chi connectivity index (χ3v) is 6.34. The van der Waals surface area contributed by atoms with Crippen molar-refractivity contribution in [2.75, 3.05) is 40.5 Å². The third kappa shape index (κ3) is 8.96. The summed E-state index contributed by atoms with van der Waals surface area (Å²) >= 11 is 1.80. The zero-order chi connectivity index (χ0) is 21.2. The van der Waals surface area contributed by atoms with E-state index in [0.29, 0.717) is 19.2 Å². The molecule has 1 saturated heterocycles. The van der Waals surface area contributed by atoms with E-state index in [2.05, 4.69) is 58.8 Å². The first-order valence-corrected chi connectivity index (χ1v) is 11.5. The smallest absolute Gasteiger partial charge is 0.191 e. The number of aryl methyl sites for hydroxylation is 1. The molecule has 8 heteroatoms. The van der Waals surface area contributed by atoms with Crippen molar-refractivity contribution in [3.8, 4) is 5.75 Å². The van der Waals surface area contributed by atoms with Gasteiger partial charge in [-0.1, -0.05) is 12.1 Å². The second kappa shape index (κ2) is 13.9. The quantitative estimate of drug-likeness (QED) is 0.277. The molecule has 2 aromatic rings. The summed E-state index contributed by atoms with van der Waals surface area (Å²) < 4.78 is 11.5. The lowest BCUT2D eigenvalue weighted by molar-refractivity contribution is 0.0392. The van der Waals surface area contributed by atoms with E-state index in [9.17, 15) is 0 Å². The molecular weight excluding hydrogens is 523 g/mol. The maximum absolute atomic E-state index is 6.00. The summed E-state index contributed by atoms with van der Waals surface area (Å²) in [6.45, 7) is 6.95. The lowest BCUT2D eigenvalue weighted by Crippen LogP contribution is -2.38. The third-order valence-electron chi connectivity index (χ3n) is 5.33. The van der Waals surface area contributed by atoms with Crippen LogP contribution >= 0.6 is 35.3 Å². The number of guanidine groups is 1. The normalized spacial score (nSPS) is 14.9. The van der Waals surface area contributed by atoms with Gasteiger partial charge in [-0.3, -0.25) is 9.89 Å². The van der Waals surface area contributed by atoms with E-state index < -0.39 is 0 Å². The van der Waals surface area contributed by atoms with Crippen molar-refractivity contribution in [3.63, 3.8) is 0 Å². The van der Waals surface area contributed by atoms with E-state index >= 15 is 0 Å². The molecule has 0 radical (unpaired) electrons. The van der Waals surface area contributed by atoms with Crippen molar-refractivity contribution in [1.82, 2.24) is 15.5 Å². The van der Waals surface area contributed by atoms with Crippen molar-refractivity contribution >= 4 is 41.3 Å². The first kappa shape index (κ1) is 25.9. The molecular formula is C23H35IN4O2S. The number of likely N-dealkylation sites (N-methyl/N-ethyl adjacent to an activating group) is 1. The predicted molar refractivity (Wildman–Crippen MR) is 140 cm³/mol. The van der Waals surface area contributed by atoms with E-state index in [0.717, 1.165) is 50.9 Å². The number of halogens is 1. The van der Waals surface area contributed by atoms with Crippen molar-refractivity contribution < 1.29 is 9.47 Å². The highest BCUT2D eigenvalue weighted by atomic mass is 127. The molecule has 1 aromatic carbocycles. The van der Waals surface area contributed by atoms with Crippen LogP contribution in [-0.4, -0.2) is 57.4 Å². The average Bonchev–Trinajstić information content (AvgIpc) is 3.20. The molecule has 0 aliphatic carbocycles. The molecule has 0 saturated carbocycles. The molecule has 2 heterocycles. The molecule has 0 amide bonds. The first-order valence-electron chi connectivity index (χ1n) is 10.6. The second-order valence-electron chi connectivity index (χ2n) is 7.61. The Labute approximate surface area is 207 Å². The number of thiophene rings is 1. The topological polar surface area (TPSA) is 58.1 Å². The van der Waals surface area contributed by atoms with Gasteiger partial charge in [-0.15, -0.1) is 35.3 Å². The van der Waals surface area contributed by atoms with Crippen molar-refractivity contribution in [1.29, 1.82) is 0 Å². The van der Waals surface area contributed by atoms with Crippen LogP contribution in [0.4, 0.5) is 0 Å². The van der Waals surface area contributed by atoms with Crippen LogP contribution in [0.3, 0.4) is 0 Å². The fraction of sp³-hybridized carbons (Fsp3) is 0.522. The summed E-state index contributed by atoms with van der Waals surface area (Å²) in [5.74, 6) is 1.71. The van der Waals surface area contributed by atoms with Gasteiger partial charge in [-0.25, -0.2) is 0 Å². The number of nitrogens with zero attached hydrogens (tertiary/aromatic N) is 2. The number of hydrogen-bond donors (Lipinski definition) is 2. The molecule has 3 rings (SSSR count). The van der Waals surface area contributed by atoms with Gasteiger partial charge in [0.25, 0.3) is 0 Å². The average molecular weight is 559 g/mol. The molecule has 0 unspecified atom stereocenters. The Kier molecular flexibility index (Phi) is 11.6. The Bertz CT molecular complexity index is 808. The maximum Gasteiger partial charge on any atom is 0.191 e. The highest BCUT2D eigenvalue weighted by Crippen LogP contribution is 2.16. The number of hydrogen-bond acceptors (Lipinski definition) is 5. The summed E-state index contributed by atoms with van der Waals surface area (Å²) in [7, 11) is 3.97. The van der Waals surface area contributed by atoms with Gasteiger partial charge in [0, 0.05) is 49.1 Å². The number of rotatable bonds is 9. The summed E-state index contributed by atoms with van der Waals surface area (Å²) in [4.78, 5) is 9.33. The van der Waals surface area contributed by atoms with Crippen molar-refractivity contribution in [2.45, 2.75) is 38.9 Å². The van der Waals surface area contributed by atoms with Gasteiger partial charge < -0.3 is 20.1 Å². The molecule has 31 heavy (non-hydrogen) atoms. The molecule has 0 spiro atoms. The number of aliphatic imine (C=N–C) groups is 1. The Morgan fingerprint density at radius 2 is 1.97 bits per heavy atom. The van der Waals surface area contributed by atoms with Gasteiger partial charge in [-0.05, 0) is 56.6 Å². The summed E-state index contributed by atoms with van der Waals surface area (Å²) in [5.41, 5.74) is 1.17. The highest BCUT2D eigenvalue weighted by molar-refractivity contribution is 14.0. The molecule has 2 N–H and O–H groups in total.